The SMILES string of the molecule is CCNCCNC(=O)C(C)Oc1ccccc1.Cl. The summed E-state index contributed by atoms with van der Waals surface area (Å²) in [5, 5.41) is 5.95. The molecule has 4 nitrogen and oxygen atoms in total. The lowest BCUT2D eigenvalue weighted by Gasteiger charge is -2.14. The van der Waals surface area contributed by atoms with Crippen molar-refractivity contribution in [1.82, 2.24) is 10.6 Å². The molecule has 0 saturated carbocycles. The van der Waals surface area contributed by atoms with E-state index in [0.29, 0.717) is 12.3 Å². The van der Waals surface area contributed by atoms with E-state index in [1.54, 1.807) is 6.92 Å². The van der Waals surface area contributed by atoms with E-state index in [1.807, 2.05) is 37.3 Å². The highest BCUT2D eigenvalue weighted by Crippen LogP contribution is 2.10. The Morgan fingerprint density at radius 1 is 1.28 bits per heavy atom. The van der Waals surface area contributed by atoms with Crippen molar-refractivity contribution in [3.63, 3.8) is 0 Å². The van der Waals surface area contributed by atoms with Crippen LogP contribution in [0.1, 0.15) is 13.8 Å². The summed E-state index contributed by atoms with van der Waals surface area (Å²) in [5.41, 5.74) is 0. The van der Waals surface area contributed by atoms with Gasteiger partial charge in [0, 0.05) is 13.1 Å². The molecule has 0 aliphatic rings. The summed E-state index contributed by atoms with van der Waals surface area (Å²) in [6.07, 6.45) is -0.473. The van der Waals surface area contributed by atoms with Gasteiger partial charge in [0.25, 0.3) is 5.91 Å². The second-order valence-electron chi connectivity index (χ2n) is 3.72. The maximum Gasteiger partial charge on any atom is 0.260 e. The van der Waals surface area contributed by atoms with Gasteiger partial charge in [0.05, 0.1) is 0 Å². The molecule has 0 saturated heterocycles. The highest BCUT2D eigenvalue weighted by molar-refractivity contribution is 5.85. The molecule has 0 radical (unpaired) electrons. The maximum absolute atomic E-state index is 11.6. The molecule has 1 aromatic rings. The molecule has 18 heavy (non-hydrogen) atoms. The van der Waals surface area contributed by atoms with Crippen molar-refractivity contribution in [2.75, 3.05) is 19.6 Å². The van der Waals surface area contributed by atoms with Crippen LogP contribution in [0.5, 0.6) is 5.75 Å². The Kier molecular flexibility index (Phi) is 9.06. The highest BCUT2D eigenvalue weighted by atomic mass is 35.5. The summed E-state index contributed by atoms with van der Waals surface area (Å²) >= 11 is 0. The number of ether oxygens (including phenoxy) is 1. The lowest BCUT2D eigenvalue weighted by molar-refractivity contribution is -0.127. The van der Waals surface area contributed by atoms with Gasteiger partial charge in [-0.05, 0) is 25.6 Å². The van der Waals surface area contributed by atoms with E-state index in [2.05, 4.69) is 10.6 Å². The van der Waals surface area contributed by atoms with Gasteiger partial charge in [0.15, 0.2) is 6.10 Å². The summed E-state index contributed by atoms with van der Waals surface area (Å²) in [4.78, 5) is 11.6. The van der Waals surface area contributed by atoms with E-state index < -0.39 is 6.10 Å². The minimum atomic E-state index is -0.473. The molecule has 1 aromatic carbocycles. The number of carbonyl (C=O) groups excluding carboxylic acids is 1. The van der Waals surface area contributed by atoms with Crippen molar-refractivity contribution in [3.05, 3.63) is 30.3 Å². The summed E-state index contributed by atoms with van der Waals surface area (Å²) in [6.45, 7) is 6.08. The molecule has 0 bridgehead atoms. The molecule has 0 spiro atoms. The zero-order valence-corrected chi connectivity index (χ0v) is 11.6. The topological polar surface area (TPSA) is 50.4 Å². The van der Waals surface area contributed by atoms with Gasteiger partial charge in [-0.25, -0.2) is 0 Å². The predicted octanol–water partition coefficient (Wildman–Crippen LogP) is 1.60. The first-order valence-electron chi connectivity index (χ1n) is 5.94. The molecule has 102 valence electrons. The fraction of sp³-hybridized carbons (Fsp3) is 0.462. The standard InChI is InChI=1S/C13H20N2O2.ClH/c1-3-14-9-10-15-13(16)11(2)17-12-7-5-4-6-8-12;/h4-8,11,14H,3,9-10H2,1-2H3,(H,15,16);1H. The molecular weight excluding hydrogens is 252 g/mol. The number of para-hydroxylation sites is 1. The fourth-order valence-electron chi connectivity index (χ4n) is 1.35. The van der Waals surface area contributed by atoms with Gasteiger partial charge in [0.1, 0.15) is 5.75 Å². The van der Waals surface area contributed by atoms with Crippen molar-refractivity contribution in [2.24, 2.45) is 0 Å². The molecule has 1 unspecified atom stereocenters. The molecular formula is C13H21ClN2O2. The number of hydrogen-bond acceptors (Lipinski definition) is 3. The molecule has 5 heteroatoms. The van der Waals surface area contributed by atoms with E-state index in [4.69, 9.17) is 4.74 Å². The van der Waals surface area contributed by atoms with Crippen LogP contribution in [-0.4, -0.2) is 31.6 Å². The molecule has 1 rings (SSSR count). The highest BCUT2D eigenvalue weighted by Gasteiger charge is 2.13. The Hall–Kier alpha value is -1.26. The monoisotopic (exact) mass is 272 g/mol. The van der Waals surface area contributed by atoms with Gasteiger partial charge in [-0.2, -0.15) is 0 Å². The van der Waals surface area contributed by atoms with Crippen LogP contribution in [0.3, 0.4) is 0 Å². The summed E-state index contributed by atoms with van der Waals surface area (Å²) in [5.74, 6) is 0.619. The van der Waals surface area contributed by atoms with Crippen molar-refractivity contribution < 1.29 is 9.53 Å². The third-order valence-electron chi connectivity index (χ3n) is 2.28. The summed E-state index contributed by atoms with van der Waals surface area (Å²) < 4.78 is 5.50. The number of halogens is 1. The Labute approximate surface area is 115 Å². The lowest BCUT2D eigenvalue weighted by Crippen LogP contribution is -2.39. The molecule has 0 heterocycles. The third-order valence-corrected chi connectivity index (χ3v) is 2.28. The van der Waals surface area contributed by atoms with Gasteiger partial charge in [-0.15, -0.1) is 12.4 Å². The maximum atomic E-state index is 11.6. The van der Waals surface area contributed by atoms with Gasteiger partial charge >= 0.3 is 0 Å². The number of carbonyl (C=O) groups is 1. The zero-order valence-electron chi connectivity index (χ0n) is 10.8. The molecule has 1 amide bonds. The lowest BCUT2D eigenvalue weighted by atomic mass is 10.3. The van der Waals surface area contributed by atoms with E-state index in [9.17, 15) is 4.79 Å². The Morgan fingerprint density at radius 3 is 2.56 bits per heavy atom. The van der Waals surface area contributed by atoms with Crippen molar-refractivity contribution in [1.29, 1.82) is 0 Å². The van der Waals surface area contributed by atoms with Gasteiger partial charge in [-0.3, -0.25) is 4.79 Å². The van der Waals surface area contributed by atoms with Crippen molar-refractivity contribution in [2.45, 2.75) is 20.0 Å². The average molecular weight is 273 g/mol. The first kappa shape index (κ1) is 16.7. The van der Waals surface area contributed by atoms with Crippen molar-refractivity contribution >= 4 is 18.3 Å². The van der Waals surface area contributed by atoms with Gasteiger partial charge in [-0.1, -0.05) is 25.1 Å². The number of amides is 1. The second kappa shape index (κ2) is 9.74. The van der Waals surface area contributed by atoms with E-state index in [0.717, 1.165) is 13.1 Å². The van der Waals surface area contributed by atoms with Crippen LogP contribution in [0.4, 0.5) is 0 Å². The minimum Gasteiger partial charge on any atom is -0.481 e. The number of likely N-dealkylation sites (N-methyl/N-ethyl adjacent to an activating group) is 1. The largest absolute Gasteiger partial charge is 0.481 e. The average Bonchev–Trinajstić information content (AvgIpc) is 2.35. The Morgan fingerprint density at radius 2 is 1.94 bits per heavy atom. The molecule has 2 N–H and O–H groups in total. The quantitative estimate of drug-likeness (QED) is 0.742. The van der Waals surface area contributed by atoms with Crippen LogP contribution < -0.4 is 15.4 Å². The predicted molar refractivity (Wildman–Crippen MR) is 75.3 cm³/mol. The Balaban J connectivity index is 0.00000289. The van der Waals surface area contributed by atoms with Crippen LogP contribution >= 0.6 is 12.4 Å². The van der Waals surface area contributed by atoms with E-state index >= 15 is 0 Å². The fourth-order valence-corrected chi connectivity index (χ4v) is 1.35. The van der Waals surface area contributed by atoms with Crippen LogP contribution in [-0.2, 0) is 4.79 Å². The summed E-state index contributed by atoms with van der Waals surface area (Å²) in [7, 11) is 0. The van der Waals surface area contributed by atoms with Crippen LogP contribution in [0, 0.1) is 0 Å². The first-order valence-corrected chi connectivity index (χ1v) is 5.94. The zero-order chi connectivity index (χ0) is 12.5. The van der Waals surface area contributed by atoms with Gasteiger partial charge in [0.2, 0.25) is 0 Å². The smallest absolute Gasteiger partial charge is 0.260 e. The third kappa shape index (κ3) is 6.47. The molecule has 0 aliphatic heterocycles. The number of benzene rings is 1. The second-order valence-corrected chi connectivity index (χ2v) is 3.72. The van der Waals surface area contributed by atoms with E-state index in [-0.39, 0.29) is 18.3 Å². The van der Waals surface area contributed by atoms with Crippen molar-refractivity contribution in [3.8, 4) is 5.75 Å². The Bertz CT molecular complexity index is 333. The first-order chi connectivity index (χ1) is 8.24. The summed E-state index contributed by atoms with van der Waals surface area (Å²) in [6, 6.07) is 9.34. The normalized spacial score (nSPS) is 11.2. The molecule has 1 atom stereocenters. The van der Waals surface area contributed by atoms with Crippen LogP contribution in [0.15, 0.2) is 30.3 Å². The number of nitrogens with one attached hydrogen (secondary N) is 2. The molecule has 0 aromatic heterocycles. The molecule has 0 aliphatic carbocycles. The van der Waals surface area contributed by atoms with Crippen LogP contribution in [0.2, 0.25) is 0 Å². The van der Waals surface area contributed by atoms with Gasteiger partial charge < -0.3 is 15.4 Å². The van der Waals surface area contributed by atoms with E-state index in [1.165, 1.54) is 0 Å². The number of rotatable bonds is 7. The minimum absolute atomic E-state index is 0. The van der Waals surface area contributed by atoms with Crippen LogP contribution in [0.25, 0.3) is 0 Å². The molecule has 0 fully saturated rings. The number of hydrogen-bond donors (Lipinski definition) is 2.